The SMILES string of the molecule is CN(CC1CCCNC1)c1cc(F)c(Cl)cc1[N+](=O)[O-]. The molecule has 2 rings (SSSR count). The van der Waals surface area contributed by atoms with Gasteiger partial charge in [0.15, 0.2) is 0 Å². The number of benzene rings is 1. The normalized spacial score (nSPS) is 18.9. The van der Waals surface area contributed by atoms with Crippen LogP contribution in [0.25, 0.3) is 0 Å². The summed E-state index contributed by atoms with van der Waals surface area (Å²) in [5.74, 6) is -0.229. The van der Waals surface area contributed by atoms with E-state index in [1.54, 1.807) is 11.9 Å². The molecule has 1 aliphatic rings. The van der Waals surface area contributed by atoms with Gasteiger partial charge < -0.3 is 10.2 Å². The van der Waals surface area contributed by atoms with E-state index in [4.69, 9.17) is 11.6 Å². The first-order chi connectivity index (χ1) is 9.49. The minimum Gasteiger partial charge on any atom is -0.369 e. The third-order valence-corrected chi connectivity index (χ3v) is 3.85. The van der Waals surface area contributed by atoms with E-state index in [-0.39, 0.29) is 16.4 Å². The first-order valence-electron chi connectivity index (χ1n) is 6.54. The molecule has 1 aromatic rings. The molecule has 7 heteroatoms. The molecule has 1 saturated heterocycles. The van der Waals surface area contributed by atoms with E-state index in [1.807, 2.05) is 0 Å². The minimum atomic E-state index is -0.638. The second-order valence-corrected chi connectivity index (χ2v) is 5.51. The molecule has 0 spiro atoms. The Hall–Kier alpha value is -1.40. The Bertz CT molecular complexity index is 507. The molecule has 0 radical (unpaired) electrons. The van der Waals surface area contributed by atoms with Crippen molar-refractivity contribution in [3.63, 3.8) is 0 Å². The molecular formula is C13H17ClFN3O2. The summed E-state index contributed by atoms with van der Waals surface area (Å²) in [7, 11) is 1.74. The van der Waals surface area contributed by atoms with Crippen LogP contribution in [0.3, 0.4) is 0 Å². The van der Waals surface area contributed by atoms with E-state index in [1.165, 1.54) is 0 Å². The Morgan fingerprint density at radius 2 is 2.35 bits per heavy atom. The van der Waals surface area contributed by atoms with Gasteiger partial charge >= 0.3 is 0 Å². The van der Waals surface area contributed by atoms with E-state index in [0.29, 0.717) is 12.5 Å². The van der Waals surface area contributed by atoms with Gasteiger partial charge in [-0.25, -0.2) is 4.39 Å². The molecule has 1 N–H and O–H groups in total. The van der Waals surface area contributed by atoms with Crippen molar-refractivity contribution >= 4 is 23.0 Å². The second-order valence-electron chi connectivity index (χ2n) is 5.11. The fourth-order valence-corrected chi connectivity index (χ4v) is 2.70. The molecule has 0 saturated carbocycles. The molecule has 1 heterocycles. The Labute approximate surface area is 121 Å². The number of hydrogen-bond donors (Lipinski definition) is 1. The van der Waals surface area contributed by atoms with Gasteiger partial charge in [-0.2, -0.15) is 0 Å². The number of nitro benzene ring substituents is 1. The lowest BCUT2D eigenvalue weighted by Gasteiger charge is -2.28. The molecule has 0 bridgehead atoms. The summed E-state index contributed by atoms with van der Waals surface area (Å²) in [5, 5.41) is 14.1. The number of nitrogens with zero attached hydrogens (tertiary/aromatic N) is 2. The highest BCUT2D eigenvalue weighted by Gasteiger charge is 2.23. The lowest BCUT2D eigenvalue weighted by Crippen LogP contribution is -2.37. The predicted octanol–water partition coefficient (Wildman–Crippen LogP) is 2.82. The van der Waals surface area contributed by atoms with Gasteiger partial charge in [0, 0.05) is 25.7 Å². The van der Waals surface area contributed by atoms with Crippen LogP contribution in [-0.4, -0.2) is 31.6 Å². The number of anilines is 1. The van der Waals surface area contributed by atoms with Gasteiger partial charge in [-0.15, -0.1) is 0 Å². The Morgan fingerprint density at radius 3 is 2.95 bits per heavy atom. The van der Waals surface area contributed by atoms with Gasteiger partial charge in [-0.3, -0.25) is 10.1 Å². The van der Waals surface area contributed by atoms with Gasteiger partial charge in [0.05, 0.1) is 9.95 Å². The van der Waals surface area contributed by atoms with Crippen molar-refractivity contribution in [3.8, 4) is 0 Å². The predicted molar refractivity (Wildman–Crippen MR) is 76.9 cm³/mol. The van der Waals surface area contributed by atoms with Crippen LogP contribution >= 0.6 is 11.6 Å². The van der Waals surface area contributed by atoms with Gasteiger partial charge in [-0.05, 0) is 31.8 Å². The number of rotatable bonds is 4. The number of hydrogen-bond acceptors (Lipinski definition) is 4. The maximum Gasteiger partial charge on any atom is 0.294 e. The molecule has 0 aliphatic carbocycles. The number of nitrogens with one attached hydrogen (secondary N) is 1. The van der Waals surface area contributed by atoms with Crippen molar-refractivity contribution in [3.05, 3.63) is 33.1 Å². The zero-order valence-corrected chi connectivity index (χ0v) is 12.0. The fraction of sp³-hybridized carbons (Fsp3) is 0.538. The summed E-state index contributed by atoms with van der Waals surface area (Å²) in [6.45, 7) is 2.54. The van der Waals surface area contributed by atoms with Crippen molar-refractivity contribution in [2.75, 3.05) is 31.6 Å². The summed E-state index contributed by atoms with van der Waals surface area (Å²) >= 11 is 5.62. The highest BCUT2D eigenvalue weighted by atomic mass is 35.5. The molecule has 1 aliphatic heterocycles. The highest BCUT2D eigenvalue weighted by Crippen LogP contribution is 2.33. The molecule has 1 fully saturated rings. The average molecular weight is 302 g/mol. The average Bonchev–Trinajstić information content (AvgIpc) is 2.42. The van der Waals surface area contributed by atoms with Crippen LogP contribution in [0.1, 0.15) is 12.8 Å². The molecule has 0 aromatic heterocycles. The van der Waals surface area contributed by atoms with Crippen LogP contribution in [-0.2, 0) is 0 Å². The van der Waals surface area contributed by atoms with Crippen LogP contribution in [0.2, 0.25) is 5.02 Å². The van der Waals surface area contributed by atoms with E-state index < -0.39 is 10.7 Å². The highest BCUT2D eigenvalue weighted by molar-refractivity contribution is 6.31. The van der Waals surface area contributed by atoms with Crippen LogP contribution < -0.4 is 10.2 Å². The molecule has 0 amide bonds. The zero-order valence-electron chi connectivity index (χ0n) is 11.2. The maximum atomic E-state index is 13.6. The smallest absolute Gasteiger partial charge is 0.294 e. The number of nitro groups is 1. The second kappa shape index (κ2) is 6.37. The standard InChI is InChI=1S/C13H17ClFN3O2/c1-17(8-9-3-2-4-16-7-9)12-6-11(15)10(14)5-13(12)18(19)20/h5-6,9,16H,2-4,7-8H2,1H3. The Morgan fingerprint density at radius 1 is 1.60 bits per heavy atom. The number of halogens is 2. The van der Waals surface area contributed by atoms with E-state index in [0.717, 1.165) is 38.1 Å². The summed E-state index contributed by atoms with van der Waals surface area (Å²) in [6, 6.07) is 2.21. The molecule has 110 valence electrons. The topological polar surface area (TPSA) is 58.4 Å². The van der Waals surface area contributed by atoms with Gasteiger partial charge in [0.2, 0.25) is 0 Å². The molecule has 20 heavy (non-hydrogen) atoms. The van der Waals surface area contributed by atoms with Crippen LogP contribution in [0.5, 0.6) is 0 Å². The lowest BCUT2D eigenvalue weighted by molar-refractivity contribution is -0.384. The monoisotopic (exact) mass is 301 g/mol. The van der Waals surface area contributed by atoms with Crippen LogP contribution in [0.4, 0.5) is 15.8 Å². The van der Waals surface area contributed by atoms with Crippen LogP contribution in [0.15, 0.2) is 12.1 Å². The minimum absolute atomic E-state index is 0.164. The molecule has 1 atom stereocenters. The molecular weight excluding hydrogens is 285 g/mol. The zero-order chi connectivity index (χ0) is 14.7. The van der Waals surface area contributed by atoms with Crippen molar-refractivity contribution < 1.29 is 9.31 Å². The maximum absolute atomic E-state index is 13.6. The fourth-order valence-electron chi connectivity index (χ4n) is 2.54. The van der Waals surface area contributed by atoms with Crippen molar-refractivity contribution in [2.24, 2.45) is 5.92 Å². The largest absolute Gasteiger partial charge is 0.369 e. The third kappa shape index (κ3) is 3.37. The van der Waals surface area contributed by atoms with Crippen molar-refractivity contribution in [2.45, 2.75) is 12.8 Å². The number of piperidine rings is 1. The molecule has 5 nitrogen and oxygen atoms in total. The summed E-state index contributed by atoms with van der Waals surface area (Å²) in [6.07, 6.45) is 2.16. The van der Waals surface area contributed by atoms with Crippen molar-refractivity contribution in [1.82, 2.24) is 5.32 Å². The lowest BCUT2D eigenvalue weighted by atomic mass is 9.99. The summed E-state index contributed by atoms with van der Waals surface area (Å²) in [5.41, 5.74) is 0.102. The Balaban J connectivity index is 2.21. The Kier molecular flexibility index (Phi) is 4.77. The quantitative estimate of drug-likeness (QED) is 0.686. The first-order valence-corrected chi connectivity index (χ1v) is 6.92. The van der Waals surface area contributed by atoms with Gasteiger partial charge in [0.25, 0.3) is 5.69 Å². The molecule has 1 aromatic carbocycles. The third-order valence-electron chi connectivity index (χ3n) is 3.56. The van der Waals surface area contributed by atoms with E-state index in [2.05, 4.69) is 5.32 Å². The summed E-state index contributed by atoms with van der Waals surface area (Å²) < 4.78 is 13.6. The van der Waals surface area contributed by atoms with Gasteiger partial charge in [-0.1, -0.05) is 11.6 Å². The van der Waals surface area contributed by atoms with Crippen LogP contribution in [0, 0.1) is 21.8 Å². The van der Waals surface area contributed by atoms with Gasteiger partial charge in [0.1, 0.15) is 11.5 Å². The molecule has 1 unspecified atom stereocenters. The summed E-state index contributed by atoms with van der Waals surface area (Å²) in [4.78, 5) is 12.3. The van der Waals surface area contributed by atoms with E-state index >= 15 is 0 Å². The van der Waals surface area contributed by atoms with E-state index in [9.17, 15) is 14.5 Å². The first kappa shape index (κ1) is 15.0. The van der Waals surface area contributed by atoms with Crippen molar-refractivity contribution in [1.29, 1.82) is 0 Å².